The summed E-state index contributed by atoms with van der Waals surface area (Å²) in [4.78, 5) is 0. The fourth-order valence-electron chi connectivity index (χ4n) is 2.43. The van der Waals surface area contributed by atoms with Gasteiger partial charge in [-0.3, -0.25) is 0 Å². The molecule has 0 aromatic heterocycles. The minimum Gasteiger partial charge on any atom is -0.378 e. The lowest BCUT2D eigenvalue weighted by Crippen LogP contribution is -2.28. The molecule has 16 heavy (non-hydrogen) atoms. The average Bonchev–Trinajstić information content (AvgIpc) is 2.33. The van der Waals surface area contributed by atoms with Crippen molar-refractivity contribution in [2.45, 2.75) is 57.8 Å². The molecule has 1 saturated heterocycles. The van der Waals surface area contributed by atoms with Crippen molar-refractivity contribution >= 4 is 0 Å². The molecule has 0 N–H and O–H groups in total. The molecule has 1 saturated carbocycles. The third-order valence-electron chi connectivity index (χ3n) is 3.57. The molecule has 0 radical (unpaired) electrons. The summed E-state index contributed by atoms with van der Waals surface area (Å²) in [6.07, 6.45) is 7.48. The first-order valence-corrected chi connectivity index (χ1v) is 6.69. The van der Waals surface area contributed by atoms with Crippen LogP contribution in [-0.2, 0) is 14.2 Å². The summed E-state index contributed by atoms with van der Waals surface area (Å²) in [5.41, 5.74) is 0. The Morgan fingerprint density at radius 1 is 1.06 bits per heavy atom. The van der Waals surface area contributed by atoms with Crippen molar-refractivity contribution in [2.24, 2.45) is 5.92 Å². The molecule has 0 spiro atoms. The molecule has 94 valence electrons. The molecule has 0 aromatic carbocycles. The molecule has 1 aliphatic heterocycles. The second-order valence-electron chi connectivity index (χ2n) is 5.07. The number of hydrogen-bond acceptors (Lipinski definition) is 3. The van der Waals surface area contributed by atoms with Crippen molar-refractivity contribution in [3.05, 3.63) is 0 Å². The highest BCUT2D eigenvalue weighted by molar-refractivity contribution is 4.70. The van der Waals surface area contributed by atoms with Crippen LogP contribution in [0.3, 0.4) is 0 Å². The Bertz CT molecular complexity index is 182. The van der Waals surface area contributed by atoms with Crippen LogP contribution in [0.25, 0.3) is 0 Å². The third kappa shape index (κ3) is 4.04. The van der Waals surface area contributed by atoms with Gasteiger partial charge < -0.3 is 14.2 Å². The van der Waals surface area contributed by atoms with Gasteiger partial charge in [0.1, 0.15) is 0 Å². The zero-order chi connectivity index (χ0) is 11.2. The third-order valence-corrected chi connectivity index (χ3v) is 3.57. The monoisotopic (exact) mass is 228 g/mol. The van der Waals surface area contributed by atoms with Gasteiger partial charge in [-0.1, -0.05) is 6.92 Å². The topological polar surface area (TPSA) is 27.7 Å². The molecular weight excluding hydrogens is 204 g/mol. The Labute approximate surface area is 98.4 Å². The summed E-state index contributed by atoms with van der Waals surface area (Å²) in [5, 5.41) is 0. The van der Waals surface area contributed by atoms with Gasteiger partial charge in [0.2, 0.25) is 0 Å². The summed E-state index contributed by atoms with van der Waals surface area (Å²) in [7, 11) is 0. The SMILES string of the molecule is CC1CCC(OCCC2OCCCO2)CC1. The van der Waals surface area contributed by atoms with Gasteiger partial charge in [-0.2, -0.15) is 0 Å². The van der Waals surface area contributed by atoms with E-state index >= 15 is 0 Å². The first-order valence-electron chi connectivity index (χ1n) is 6.69. The minimum absolute atomic E-state index is 0.0173. The van der Waals surface area contributed by atoms with E-state index in [1.54, 1.807) is 0 Å². The molecule has 1 aliphatic carbocycles. The highest BCUT2D eigenvalue weighted by atomic mass is 16.7. The number of hydrogen-bond donors (Lipinski definition) is 0. The van der Waals surface area contributed by atoms with Crippen LogP contribution >= 0.6 is 0 Å². The molecular formula is C13H24O3. The molecule has 2 rings (SSSR count). The lowest BCUT2D eigenvalue weighted by atomic mass is 9.89. The van der Waals surface area contributed by atoms with E-state index in [0.29, 0.717) is 6.10 Å². The van der Waals surface area contributed by atoms with E-state index in [1.165, 1.54) is 25.7 Å². The Kier molecular flexibility index (Phi) is 5.07. The highest BCUT2D eigenvalue weighted by Gasteiger charge is 2.19. The fraction of sp³-hybridized carbons (Fsp3) is 1.00. The van der Waals surface area contributed by atoms with Crippen LogP contribution in [0.15, 0.2) is 0 Å². The Morgan fingerprint density at radius 3 is 2.44 bits per heavy atom. The molecule has 0 aromatic rings. The summed E-state index contributed by atoms with van der Waals surface area (Å²) in [6.45, 7) is 4.79. The van der Waals surface area contributed by atoms with Crippen molar-refractivity contribution in [3.8, 4) is 0 Å². The second-order valence-corrected chi connectivity index (χ2v) is 5.07. The van der Waals surface area contributed by atoms with Crippen LogP contribution in [0.1, 0.15) is 45.4 Å². The standard InChI is InChI=1S/C13H24O3/c1-11-3-5-12(6-4-11)14-10-7-13-15-8-2-9-16-13/h11-13H,2-10H2,1H3. The van der Waals surface area contributed by atoms with Crippen molar-refractivity contribution in [2.75, 3.05) is 19.8 Å². The van der Waals surface area contributed by atoms with Crippen molar-refractivity contribution < 1.29 is 14.2 Å². The summed E-state index contributed by atoms with van der Waals surface area (Å²) >= 11 is 0. The first-order chi connectivity index (χ1) is 7.84. The highest BCUT2D eigenvalue weighted by Crippen LogP contribution is 2.25. The first kappa shape index (κ1) is 12.3. The van der Waals surface area contributed by atoms with E-state index in [9.17, 15) is 0 Å². The molecule has 1 heterocycles. The minimum atomic E-state index is -0.0173. The van der Waals surface area contributed by atoms with Gasteiger partial charge in [0.25, 0.3) is 0 Å². The van der Waals surface area contributed by atoms with E-state index < -0.39 is 0 Å². The number of ether oxygens (including phenoxy) is 3. The van der Waals surface area contributed by atoms with Gasteiger partial charge in [0, 0.05) is 6.42 Å². The van der Waals surface area contributed by atoms with Crippen LogP contribution in [0.4, 0.5) is 0 Å². The second kappa shape index (κ2) is 6.58. The quantitative estimate of drug-likeness (QED) is 0.740. The van der Waals surface area contributed by atoms with Gasteiger partial charge in [-0.25, -0.2) is 0 Å². The largest absolute Gasteiger partial charge is 0.378 e. The van der Waals surface area contributed by atoms with Crippen LogP contribution < -0.4 is 0 Å². The van der Waals surface area contributed by atoms with Gasteiger partial charge in [0.05, 0.1) is 25.9 Å². The lowest BCUT2D eigenvalue weighted by Gasteiger charge is -2.28. The van der Waals surface area contributed by atoms with Crippen molar-refractivity contribution in [1.29, 1.82) is 0 Å². The summed E-state index contributed by atoms with van der Waals surface area (Å²) in [5.74, 6) is 0.893. The van der Waals surface area contributed by atoms with Gasteiger partial charge >= 0.3 is 0 Å². The predicted octanol–water partition coefficient (Wildman–Crippen LogP) is 2.73. The van der Waals surface area contributed by atoms with E-state index in [0.717, 1.165) is 38.6 Å². The van der Waals surface area contributed by atoms with E-state index in [2.05, 4.69) is 6.92 Å². The van der Waals surface area contributed by atoms with E-state index in [4.69, 9.17) is 14.2 Å². The fourth-order valence-corrected chi connectivity index (χ4v) is 2.43. The Balaban J connectivity index is 1.53. The van der Waals surface area contributed by atoms with Crippen LogP contribution in [0.2, 0.25) is 0 Å². The smallest absolute Gasteiger partial charge is 0.159 e. The summed E-state index contributed by atoms with van der Waals surface area (Å²) < 4.78 is 16.8. The lowest BCUT2D eigenvalue weighted by molar-refractivity contribution is -0.188. The maximum atomic E-state index is 5.87. The maximum Gasteiger partial charge on any atom is 0.159 e. The maximum absolute atomic E-state index is 5.87. The van der Waals surface area contributed by atoms with Crippen LogP contribution in [0.5, 0.6) is 0 Å². The average molecular weight is 228 g/mol. The van der Waals surface area contributed by atoms with Crippen LogP contribution in [0, 0.1) is 5.92 Å². The molecule has 0 unspecified atom stereocenters. The van der Waals surface area contributed by atoms with Gasteiger partial charge in [-0.15, -0.1) is 0 Å². The van der Waals surface area contributed by atoms with Gasteiger partial charge in [0.15, 0.2) is 6.29 Å². The van der Waals surface area contributed by atoms with E-state index in [1.807, 2.05) is 0 Å². The zero-order valence-corrected chi connectivity index (χ0v) is 10.3. The molecule has 0 atom stereocenters. The molecule has 2 fully saturated rings. The van der Waals surface area contributed by atoms with E-state index in [-0.39, 0.29) is 6.29 Å². The number of rotatable bonds is 4. The van der Waals surface area contributed by atoms with Gasteiger partial charge in [-0.05, 0) is 38.0 Å². The molecule has 3 heteroatoms. The normalized spacial score (nSPS) is 32.8. The summed E-state index contributed by atoms with van der Waals surface area (Å²) in [6, 6.07) is 0. The zero-order valence-electron chi connectivity index (χ0n) is 10.3. The molecule has 0 amide bonds. The van der Waals surface area contributed by atoms with Crippen LogP contribution in [-0.4, -0.2) is 32.2 Å². The predicted molar refractivity (Wildman–Crippen MR) is 62.3 cm³/mol. The Morgan fingerprint density at radius 2 is 1.75 bits per heavy atom. The molecule has 0 bridgehead atoms. The molecule has 2 aliphatic rings. The van der Waals surface area contributed by atoms with Crippen molar-refractivity contribution in [1.82, 2.24) is 0 Å². The Hall–Kier alpha value is -0.120. The molecule has 3 nitrogen and oxygen atoms in total. The van der Waals surface area contributed by atoms with Crippen molar-refractivity contribution in [3.63, 3.8) is 0 Å².